The van der Waals surface area contributed by atoms with E-state index in [1.807, 2.05) is 0 Å². The summed E-state index contributed by atoms with van der Waals surface area (Å²) < 4.78 is 77.9. The number of anilines is 2. The summed E-state index contributed by atoms with van der Waals surface area (Å²) >= 11 is 25.4. The lowest BCUT2D eigenvalue weighted by Gasteiger charge is -2.28. The zero-order valence-electron chi connectivity index (χ0n) is 30.8. The second-order valence-corrected chi connectivity index (χ2v) is 17.9. The van der Waals surface area contributed by atoms with Gasteiger partial charge in [0.2, 0.25) is 31.9 Å². The summed E-state index contributed by atoms with van der Waals surface area (Å²) in [4.78, 5) is 28.4. The molecule has 0 aromatic heterocycles. The average Bonchev–Trinajstić information content (AvgIpc) is 3.16. The number of primary sulfonamides is 2. The summed E-state index contributed by atoms with van der Waals surface area (Å²) in [6.45, 7) is 1.71. The summed E-state index contributed by atoms with van der Waals surface area (Å²) in [5.41, 5.74) is 0.327. The first-order valence-corrected chi connectivity index (χ1v) is 21.9. The van der Waals surface area contributed by atoms with Gasteiger partial charge in [-0.05, 0) is 103 Å². The molecular weight excluding hydrogens is 901 g/mol. The van der Waals surface area contributed by atoms with Crippen molar-refractivity contribution in [2.45, 2.75) is 28.6 Å². The number of carbonyl (C=O) groups excluding carboxylic acids is 2. The van der Waals surface area contributed by atoms with Crippen LogP contribution in [0, 0.1) is 12.7 Å². The van der Waals surface area contributed by atoms with Crippen molar-refractivity contribution in [3.8, 4) is 23.0 Å². The van der Waals surface area contributed by atoms with Crippen molar-refractivity contribution in [3.05, 3.63) is 164 Å². The second kappa shape index (κ2) is 18.2. The van der Waals surface area contributed by atoms with Gasteiger partial charge >= 0.3 is 0 Å². The van der Waals surface area contributed by atoms with Gasteiger partial charge in [0.25, 0.3) is 0 Å². The summed E-state index contributed by atoms with van der Waals surface area (Å²) in [6, 6.07) is 27.9. The fourth-order valence-corrected chi connectivity index (χ4v) is 8.35. The Balaban J connectivity index is 1.44. The Kier molecular flexibility index (Phi) is 13.4. The first-order chi connectivity index (χ1) is 28.3. The summed E-state index contributed by atoms with van der Waals surface area (Å²) in [7, 11) is -8.97. The molecule has 6 N–H and O–H groups in total. The molecule has 0 saturated heterocycles. The number of carbonyl (C=O) groups is 2. The number of rotatable bonds is 13. The SMILES string of the molecule is Cc1ccc(Cl)c(C(C(=O)Nc2ccc(Oc3cccc(Cl)c3)c(S(N)(=O)=O)c2)C(C(=O)Nc2ccc(Oc3cccc(Cl)c3)c(S(N)(=O)=O)c2)c2cccc(F)c2Cl)c1. The number of sulfonamides is 2. The molecule has 0 fully saturated rings. The lowest BCUT2D eigenvalue weighted by molar-refractivity contribution is -0.124. The number of nitrogens with one attached hydrogen (secondary N) is 2. The molecule has 0 spiro atoms. The van der Waals surface area contributed by atoms with E-state index in [0.29, 0.717) is 15.6 Å². The van der Waals surface area contributed by atoms with E-state index in [4.69, 9.17) is 66.2 Å². The minimum absolute atomic E-state index is 0.0283. The number of aryl methyl sites for hydroxylation is 1. The highest BCUT2D eigenvalue weighted by Crippen LogP contribution is 2.43. The first-order valence-electron chi connectivity index (χ1n) is 17.3. The van der Waals surface area contributed by atoms with Gasteiger partial charge in [-0.1, -0.05) is 88.4 Å². The van der Waals surface area contributed by atoms with Gasteiger partial charge in [0.05, 0.1) is 16.9 Å². The van der Waals surface area contributed by atoms with E-state index in [1.165, 1.54) is 66.7 Å². The third-order valence-corrected chi connectivity index (χ3v) is 11.9. The van der Waals surface area contributed by atoms with Crippen molar-refractivity contribution in [1.29, 1.82) is 0 Å². The molecule has 6 aromatic carbocycles. The molecule has 0 heterocycles. The van der Waals surface area contributed by atoms with Crippen molar-refractivity contribution in [1.82, 2.24) is 0 Å². The Morgan fingerprint density at radius 1 is 0.600 bits per heavy atom. The number of amides is 2. The number of hydrogen-bond acceptors (Lipinski definition) is 8. The molecule has 2 amide bonds. The highest BCUT2D eigenvalue weighted by Gasteiger charge is 2.40. The van der Waals surface area contributed by atoms with Crippen LogP contribution in [0.5, 0.6) is 23.0 Å². The van der Waals surface area contributed by atoms with E-state index in [2.05, 4.69) is 10.6 Å². The zero-order chi connectivity index (χ0) is 43.5. The van der Waals surface area contributed by atoms with E-state index in [-0.39, 0.29) is 50.5 Å². The Labute approximate surface area is 364 Å². The molecule has 0 bridgehead atoms. The topological polar surface area (TPSA) is 197 Å². The van der Waals surface area contributed by atoms with Crippen molar-refractivity contribution >= 4 is 89.6 Å². The van der Waals surface area contributed by atoms with Crippen molar-refractivity contribution in [2.24, 2.45) is 10.3 Å². The van der Waals surface area contributed by atoms with E-state index in [9.17, 15) is 26.4 Å². The van der Waals surface area contributed by atoms with Crippen LogP contribution in [-0.2, 0) is 29.6 Å². The molecule has 19 heteroatoms. The van der Waals surface area contributed by atoms with Crippen LogP contribution in [-0.4, -0.2) is 28.6 Å². The van der Waals surface area contributed by atoms with Crippen LogP contribution in [0.15, 0.2) is 131 Å². The maximum atomic E-state index is 15.2. The lowest BCUT2D eigenvalue weighted by atomic mass is 9.79. The summed E-state index contributed by atoms with van der Waals surface area (Å²) in [6.07, 6.45) is 0. The molecule has 60 heavy (non-hydrogen) atoms. The highest BCUT2D eigenvalue weighted by atomic mass is 35.5. The van der Waals surface area contributed by atoms with Gasteiger partial charge in [-0.2, -0.15) is 0 Å². The number of benzene rings is 6. The van der Waals surface area contributed by atoms with Crippen LogP contribution in [0.4, 0.5) is 15.8 Å². The second-order valence-electron chi connectivity index (χ2n) is 13.1. The molecule has 0 radical (unpaired) electrons. The van der Waals surface area contributed by atoms with E-state index >= 15 is 4.39 Å². The first kappa shape index (κ1) is 44.3. The van der Waals surface area contributed by atoms with E-state index in [1.54, 1.807) is 43.3 Å². The fourth-order valence-electron chi connectivity index (χ4n) is 6.15. The quantitative estimate of drug-likeness (QED) is 0.0878. The zero-order valence-corrected chi connectivity index (χ0v) is 35.5. The Bertz CT molecular complexity index is 2740. The lowest BCUT2D eigenvalue weighted by Crippen LogP contribution is -2.34. The predicted molar refractivity (Wildman–Crippen MR) is 229 cm³/mol. The van der Waals surface area contributed by atoms with Crippen LogP contribution in [0.2, 0.25) is 20.1 Å². The number of halogens is 5. The van der Waals surface area contributed by atoms with Crippen LogP contribution < -0.4 is 30.4 Å². The largest absolute Gasteiger partial charge is 0.456 e. The van der Waals surface area contributed by atoms with Crippen LogP contribution >= 0.6 is 46.4 Å². The third kappa shape index (κ3) is 10.6. The molecule has 6 rings (SSSR count). The average molecular weight is 933 g/mol. The van der Waals surface area contributed by atoms with Crippen molar-refractivity contribution < 1.29 is 40.3 Å². The maximum Gasteiger partial charge on any atom is 0.241 e. The van der Waals surface area contributed by atoms with Crippen LogP contribution in [0.25, 0.3) is 0 Å². The van der Waals surface area contributed by atoms with Crippen LogP contribution in [0.1, 0.15) is 28.5 Å². The molecule has 0 aliphatic carbocycles. The number of nitrogens with two attached hydrogens (primary N) is 2. The molecule has 0 aliphatic heterocycles. The minimum atomic E-state index is -4.49. The molecular formula is C41H31Cl4FN4O8S2. The smallest absolute Gasteiger partial charge is 0.241 e. The minimum Gasteiger partial charge on any atom is -0.456 e. The van der Waals surface area contributed by atoms with E-state index in [0.717, 1.165) is 18.2 Å². The maximum absolute atomic E-state index is 15.2. The summed E-state index contributed by atoms with van der Waals surface area (Å²) in [5, 5.41) is 16.5. The fraction of sp³-hybridized carbons (Fsp3) is 0.0732. The van der Waals surface area contributed by atoms with Crippen molar-refractivity contribution in [2.75, 3.05) is 10.6 Å². The Morgan fingerprint density at radius 2 is 1.07 bits per heavy atom. The standard InChI is InChI=1S/C41H31Cl4FN4O8S2/c1-22-11-14-31(44)30(17-22)38(41(52)50-26-13-16-34(36(21-26)60(48,55)56)58-28-8-3-6-24(43)19-28)37(29-9-4-10-32(46)39(29)45)40(51)49-25-12-15-33(35(20-25)59(47,53)54)57-27-7-2-5-23(42)18-27/h2-21,37-38H,1H3,(H,49,51)(H,50,52)(H2,47,53,54)(H2,48,55,56). The number of ether oxygens (including phenoxy) is 2. The molecule has 2 atom stereocenters. The third-order valence-electron chi connectivity index (χ3n) is 8.78. The van der Waals surface area contributed by atoms with Gasteiger partial charge in [0, 0.05) is 26.4 Å². The van der Waals surface area contributed by atoms with Gasteiger partial charge in [-0.3, -0.25) is 9.59 Å². The Hall–Kier alpha value is -5.23. The molecule has 6 aromatic rings. The van der Waals surface area contributed by atoms with Gasteiger partial charge in [0.1, 0.15) is 38.6 Å². The van der Waals surface area contributed by atoms with Crippen molar-refractivity contribution in [3.63, 3.8) is 0 Å². The number of hydrogen-bond donors (Lipinski definition) is 4. The molecule has 12 nitrogen and oxygen atoms in total. The van der Waals surface area contributed by atoms with E-state index < -0.39 is 64.3 Å². The van der Waals surface area contributed by atoms with Gasteiger partial charge in [-0.15, -0.1) is 0 Å². The molecule has 310 valence electrons. The predicted octanol–water partition coefficient (Wildman–Crippen LogP) is 9.77. The monoisotopic (exact) mass is 930 g/mol. The summed E-state index contributed by atoms with van der Waals surface area (Å²) in [5.74, 6) is -6.16. The normalized spacial score (nSPS) is 12.6. The molecule has 0 aliphatic rings. The molecule has 0 saturated carbocycles. The molecule has 2 unspecified atom stereocenters. The highest BCUT2D eigenvalue weighted by molar-refractivity contribution is 7.89. The van der Waals surface area contributed by atoms with Gasteiger partial charge in [-0.25, -0.2) is 31.5 Å². The van der Waals surface area contributed by atoms with Gasteiger partial charge < -0.3 is 20.1 Å². The van der Waals surface area contributed by atoms with Crippen LogP contribution in [0.3, 0.4) is 0 Å². The van der Waals surface area contributed by atoms with Gasteiger partial charge in [0.15, 0.2) is 0 Å². The Morgan fingerprint density at radius 3 is 1.53 bits per heavy atom.